The van der Waals surface area contributed by atoms with Crippen LogP contribution in [0.25, 0.3) is 0 Å². The molecule has 1 fully saturated rings. The molecule has 0 saturated heterocycles. The molecule has 1 aromatic heterocycles. The van der Waals surface area contributed by atoms with Crippen LogP contribution in [0.3, 0.4) is 0 Å². The lowest BCUT2D eigenvalue weighted by Gasteiger charge is -2.29. The topological polar surface area (TPSA) is 109 Å². The van der Waals surface area contributed by atoms with Crippen molar-refractivity contribution in [3.63, 3.8) is 0 Å². The molecule has 3 amide bonds. The molecule has 1 aliphatic rings. The molecule has 24 heavy (non-hydrogen) atoms. The van der Waals surface area contributed by atoms with Crippen LogP contribution in [0.1, 0.15) is 46.0 Å². The molecule has 1 aliphatic carbocycles. The number of nitrogens with one attached hydrogen (secondary N) is 3. The number of H-pyrrole nitrogens is 1. The zero-order valence-electron chi connectivity index (χ0n) is 14.1. The molecule has 0 aromatic carbocycles. The molecular weight excluding hydrogens is 330 g/mol. The molecule has 8 nitrogen and oxygen atoms in total. The van der Waals surface area contributed by atoms with Gasteiger partial charge >= 0.3 is 11.7 Å². The van der Waals surface area contributed by atoms with Crippen molar-refractivity contribution in [2.24, 2.45) is 5.92 Å². The maximum absolute atomic E-state index is 11.9. The lowest BCUT2D eigenvalue weighted by Crippen LogP contribution is -2.48. The number of hydrogen-bond donors (Lipinski definition) is 3. The Balaban J connectivity index is 1.78. The first-order chi connectivity index (χ1) is 11.5. The Labute approximate surface area is 145 Å². The van der Waals surface area contributed by atoms with Crippen molar-refractivity contribution in [2.45, 2.75) is 63.7 Å². The predicted octanol–water partition coefficient (Wildman–Crippen LogP) is 1.48. The molecule has 0 radical (unpaired) electrons. The molecule has 1 heterocycles. The number of amides is 3. The van der Waals surface area contributed by atoms with Crippen LogP contribution in [0.5, 0.6) is 0 Å². The smallest absolute Gasteiger partial charge is 0.335 e. The van der Waals surface area contributed by atoms with E-state index in [0.29, 0.717) is 17.6 Å². The summed E-state index contributed by atoms with van der Waals surface area (Å²) in [5, 5.41) is 11.9. The van der Waals surface area contributed by atoms with E-state index in [1.807, 2.05) is 6.92 Å². The van der Waals surface area contributed by atoms with Crippen LogP contribution >= 0.6 is 11.8 Å². The maximum atomic E-state index is 11.9. The minimum absolute atomic E-state index is 0.0294. The Morgan fingerprint density at radius 3 is 2.83 bits per heavy atom. The molecule has 2 rings (SSSR count). The van der Waals surface area contributed by atoms with Gasteiger partial charge < -0.3 is 5.32 Å². The summed E-state index contributed by atoms with van der Waals surface area (Å²) < 4.78 is 1.49. The highest BCUT2D eigenvalue weighted by Gasteiger charge is 2.23. The van der Waals surface area contributed by atoms with E-state index in [-0.39, 0.29) is 17.5 Å². The average Bonchev–Trinajstić information content (AvgIpc) is 2.88. The molecule has 0 unspecified atom stereocenters. The van der Waals surface area contributed by atoms with Gasteiger partial charge in [-0.15, -0.1) is 5.10 Å². The first kappa shape index (κ1) is 18.6. The number of hydrogen-bond acceptors (Lipinski definition) is 5. The van der Waals surface area contributed by atoms with Gasteiger partial charge in [0, 0.05) is 12.6 Å². The van der Waals surface area contributed by atoms with Gasteiger partial charge in [-0.25, -0.2) is 14.7 Å². The summed E-state index contributed by atoms with van der Waals surface area (Å²) in [4.78, 5) is 35.4. The number of rotatable bonds is 6. The van der Waals surface area contributed by atoms with Gasteiger partial charge in [-0.3, -0.25) is 14.7 Å². The van der Waals surface area contributed by atoms with Crippen LogP contribution in [0.2, 0.25) is 0 Å². The Morgan fingerprint density at radius 1 is 1.38 bits per heavy atom. The Hall–Kier alpha value is -1.77. The fourth-order valence-electron chi connectivity index (χ4n) is 2.86. The third-order valence-electron chi connectivity index (χ3n) is 4.18. The number of aromatic nitrogens is 3. The van der Waals surface area contributed by atoms with Crippen molar-refractivity contribution < 1.29 is 9.59 Å². The van der Waals surface area contributed by atoms with Gasteiger partial charge in [0.2, 0.25) is 5.91 Å². The number of carbonyl (C=O) groups excluding carboxylic acids is 2. The highest BCUT2D eigenvalue weighted by atomic mass is 32.2. The maximum Gasteiger partial charge on any atom is 0.343 e. The predicted molar refractivity (Wildman–Crippen MR) is 92.0 cm³/mol. The molecule has 2 atom stereocenters. The van der Waals surface area contributed by atoms with Gasteiger partial charge in [0.05, 0.1) is 5.75 Å². The van der Waals surface area contributed by atoms with Gasteiger partial charge in [0.25, 0.3) is 0 Å². The second-order valence-electron chi connectivity index (χ2n) is 6.14. The number of urea groups is 1. The number of carbonyl (C=O) groups is 2. The van der Waals surface area contributed by atoms with Gasteiger partial charge in [0.15, 0.2) is 5.16 Å². The lowest BCUT2D eigenvalue weighted by molar-refractivity contribution is -0.117. The normalized spacial score (nSPS) is 20.6. The average molecular weight is 355 g/mol. The summed E-state index contributed by atoms with van der Waals surface area (Å²) >= 11 is 1.13. The molecule has 9 heteroatoms. The van der Waals surface area contributed by atoms with E-state index in [2.05, 4.69) is 27.8 Å². The van der Waals surface area contributed by atoms with E-state index in [1.165, 1.54) is 11.0 Å². The van der Waals surface area contributed by atoms with Crippen molar-refractivity contribution in [1.29, 1.82) is 0 Å². The second-order valence-corrected chi connectivity index (χ2v) is 7.08. The first-order valence-corrected chi connectivity index (χ1v) is 9.38. The number of aromatic amines is 1. The monoisotopic (exact) mass is 355 g/mol. The third-order valence-corrected chi connectivity index (χ3v) is 5.16. The second kappa shape index (κ2) is 8.91. The summed E-state index contributed by atoms with van der Waals surface area (Å²) in [6.07, 6.45) is 5.14. The molecular formula is C15H25N5O3S. The molecule has 0 aliphatic heterocycles. The Morgan fingerprint density at radius 2 is 2.12 bits per heavy atom. The summed E-state index contributed by atoms with van der Waals surface area (Å²) in [6, 6.07) is -0.326. The van der Waals surface area contributed by atoms with E-state index in [9.17, 15) is 14.4 Å². The molecule has 3 N–H and O–H groups in total. The van der Waals surface area contributed by atoms with E-state index < -0.39 is 11.9 Å². The van der Waals surface area contributed by atoms with Crippen LogP contribution in [-0.4, -0.2) is 38.5 Å². The van der Waals surface area contributed by atoms with Gasteiger partial charge in [-0.05, 0) is 25.2 Å². The largest absolute Gasteiger partial charge is 0.343 e. The van der Waals surface area contributed by atoms with E-state index in [4.69, 9.17) is 0 Å². The first-order valence-electron chi connectivity index (χ1n) is 8.39. The number of nitrogens with zero attached hydrogens (tertiary/aromatic N) is 2. The molecule has 0 spiro atoms. The fraction of sp³-hybridized carbons (Fsp3) is 0.733. The summed E-state index contributed by atoms with van der Waals surface area (Å²) in [6.45, 7) is 4.61. The zero-order valence-corrected chi connectivity index (χ0v) is 14.9. The number of thioether (sulfide) groups is 1. The Bertz CT molecular complexity index is 627. The fourth-order valence-corrected chi connectivity index (χ4v) is 3.63. The molecule has 134 valence electrons. The van der Waals surface area contributed by atoms with Crippen molar-refractivity contribution in [3.8, 4) is 0 Å². The van der Waals surface area contributed by atoms with Gasteiger partial charge in [-0.2, -0.15) is 0 Å². The summed E-state index contributed by atoms with van der Waals surface area (Å²) in [5.74, 6) is 0.0581. The molecule has 0 bridgehead atoms. The minimum Gasteiger partial charge on any atom is -0.335 e. The summed E-state index contributed by atoms with van der Waals surface area (Å²) in [7, 11) is 0. The zero-order chi connectivity index (χ0) is 17.5. The Kier molecular flexibility index (Phi) is 6.89. The minimum atomic E-state index is -0.452. The quantitative estimate of drug-likeness (QED) is 0.670. The van der Waals surface area contributed by atoms with E-state index >= 15 is 0 Å². The third kappa shape index (κ3) is 5.12. The van der Waals surface area contributed by atoms with Crippen molar-refractivity contribution in [2.75, 3.05) is 5.75 Å². The van der Waals surface area contributed by atoms with E-state index in [1.54, 1.807) is 0 Å². The van der Waals surface area contributed by atoms with Crippen LogP contribution in [0, 0.1) is 5.92 Å². The van der Waals surface area contributed by atoms with Crippen LogP contribution in [0.4, 0.5) is 4.79 Å². The summed E-state index contributed by atoms with van der Waals surface area (Å²) in [5.41, 5.74) is -0.288. The lowest BCUT2D eigenvalue weighted by atomic mass is 9.86. The van der Waals surface area contributed by atoms with Crippen LogP contribution in [-0.2, 0) is 11.3 Å². The van der Waals surface area contributed by atoms with Gasteiger partial charge in [0.1, 0.15) is 0 Å². The van der Waals surface area contributed by atoms with Crippen molar-refractivity contribution in [1.82, 2.24) is 25.4 Å². The van der Waals surface area contributed by atoms with Crippen LogP contribution in [0.15, 0.2) is 9.95 Å². The molecule has 1 saturated carbocycles. The van der Waals surface area contributed by atoms with Gasteiger partial charge in [-0.1, -0.05) is 38.5 Å². The highest BCUT2D eigenvalue weighted by Crippen LogP contribution is 2.23. The van der Waals surface area contributed by atoms with Crippen LogP contribution < -0.4 is 16.3 Å². The molecule has 1 aromatic rings. The van der Waals surface area contributed by atoms with E-state index in [0.717, 1.165) is 37.4 Å². The number of imide groups is 1. The standard InChI is InChI=1S/C15H25N5O3S/c1-3-8-20-14(23)18-19-15(20)24-9-12(21)17-13(22)16-11-7-5-4-6-10(11)2/h10-11H,3-9H2,1-2H3,(H,18,23)(H2,16,17,21,22)/t10-,11+/m1/s1. The highest BCUT2D eigenvalue weighted by molar-refractivity contribution is 7.99. The van der Waals surface area contributed by atoms with Crippen molar-refractivity contribution >= 4 is 23.7 Å². The SMILES string of the molecule is CCCn1c(SCC(=O)NC(=O)N[C@H]2CCCC[C@H]2C)n[nH]c1=O. The van der Waals surface area contributed by atoms with Crippen molar-refractivity contribution in [3.05, 3.63) is 10.5 Å².